The van der Waals surface area contributed by atoms with Crippen LogP contribution >= 0.6 is 11.6 Å². The van der Waals surface area contributed by atoms with Gasteiger partial charge in [0, 0.05) is 29.3 Å². The predicted molar refractivity (Wildman–Crippen MR) is 152 cm³/mol. The third-order valence-corrected chi connectivity index (χ3v) is 6.25. The van der Waals surface area contributed by atoms with Crippen molar-refractivity contribution in [3.8, 4) is 17.6 Å². The van der Waals surface area contributed by atoms with Crippen LogP contribution < -0.4 is 20.1 Å². The third kappa shape index (κ3) is 6.98. The standard InChI is InChI=1S/C30H27ClN4O4/c1-19-7-9-23(10-8-19)35-28(36)18-39-29-25(31)14-20(15-27(29)38-2)13-22(16-32)30(37)33-12-11-21-17-34-26-6-4-3-5-24(21)26/h3-10,13-15,17,34H,11-12,18H2,1-2H3,(H,33,37)(H,35,36)/b22-13-. The number of fused-ring (bicyclic) bond motifs is 1. The van der Waals surface area contributed by atoms with E-state index in [0.29, 0.717) is 24.2 Å². The maximum absolute atomic E-state index is 12.7. The van der Waals surface area contributed by atoms with E-state index in [1.165, 1.54) is 19.3 Å². The van der Waals surface area contributed by atoms with Crippen molar-refractivity contribution in [2.45, 2.75) is 13.3 Å². The van der Waals surface area contributed by atoms with Crippen LogP contribution in [0, 0.1) is 18.3 Å². The SMILES string of the molecule is COc1cc(/C=C(/C#N)C(=O)NCCc2c[nH]c3ccccc23)cc(Cl)c1OCC(=O)Nc1ccc(C)cc1. The van der Waals surface area contributed by atoms with Crippen LogP contribution in [0.3, 0.4) is 0 Å². The first-order valence-corrected chi connectivity index (χ1v) is 12.6. The highest BCUT2D eigenvalue weighted by atomic mass is 35.5. The molecule has 0 fully saturated rings. The number of carbonyl (C=O) groups is 2. The van der Waals surface area contributed by atoms with Crippen molar-refractivity contribution in [2.75, 3.05) is 25.6 Å². The number of nitrogens with one attached hydrogen (secondary N) is 3. The number of amides is 2. The zero-order chi connectivity index (χ0) is 27.8. The van der Waals surface area contributed by atoms with Crippen LogP contribution in [0.5, 0.6) is 11.5 Å². The van der Waals surface area contributed by atoms with Crippen molar-refractivity contribution in [2.24, 2.45) is 0 Å². The van der Waals surface area contributed by atoms with Gasteiger partial charge in [-0.1, -0.05) is 47.5 Å². The predicted octanol–water partition coefficient (Wildman–Crippen LogP) is 5.42. The molecule has 0 radical (unpaired) electrons. The van der Waals surface area contributed by atoms with Gasteiger partial charge >= 0.3 is 0 Å². The van der Waals surface area contributed by atoms with Gasteiger partial charge in [-0.3, -0.25) is 9.59 Å². The van der Waals surface area contributed by atoms with Crippen LogP contribution in [0.15, 0.2) is 72.4 Å². The van der Waals surface area contributed by atoms with Crippen molar-refractivity contribution in [1.82, 2.24) is 10.3 Å². The molecule has 1 aromatic heterocycles. The Balaban J connectivity index is 1.39. The molecule has 0 aliphatic carbocycles. The quantitative estimate of drug-likeness (QED) is 0.183. The summed E-state index contributed by atoms with van der Waals surface area (Å²) in [5.41, 5.74) is 4.22. The molecule has 8 nitrogen and oxygen atoms in total. The monoisotopic (exact) mass is 542 g/mol. The Morgan fingerprint density at radius 2 is 1.90 bits per heavy atom. The second-order valence-electron chi connectivity index (χ2n) is 8.77. The van der Waals surface area contributed by atoms with Crippen molar-refractivity contribution in [3.05, 3.63) is 94.1 Å². The summed E-state index contributed by atoms with van der Waals surface area (Å²) in [6, 6.07) is 20.4. The maximum Gasteiger partial charge on any atom is 0.262 e. The van der Waals surface area contributed by atoms with E-state index in [0.717, 1.165) is 22.0 Å². The lowest BCUT2D eigenvalue weighted by molar-refractivity contribution is -0.118. The average molecular weight is 543 g/mol. The van der Waals surface area contributed by atoms with E-state index in [1.807, 2.05) is 55.6 Å². The second kappa shape index (κ2) is 12.7. The van der Waals surface area contributed by atoms with E-state index in [9.17, 15) is 14.9 Å². The van der Waals surface area contributed by atoms with Crippen molar-refractivity contribution >= 4 is 46.1 Å². The number of nitrogens with zero attached hydrogens (tertiary/aromatic N) is 1. The number of para-hydroxylation sites is 1. The largest absolute Gasteiger partial charge is 0.493 e. The smallest absolute Gasteiger partial charge is 0.262 e. The number of benzene rings is 3. The number of nitriles is 1. The molecule has 0 saturated heterocycles. The van der Waals surface area contributed by atoms with Crippen LogP contribution in [0.2, 0.25) is 5.02 Å². The Bertz CT molecular complexity index is 1570. The van der Waals surface area contributed by atoms with Gasteiger partial charge in [0.05, 0.1) is 12.1 Å². The lowest BCUT2D eigenvalue weighted by Gasteiger charge is -2.13. The fourth-order valence-electron chi connectivity index (χ4n) is 3.99. The van der Waals surface area contributed by atoms with E-state index in [2.05, 4.69) is 15.6 Å². The first-order chi connectivity index (χ1) is 18.9. The minimum Gasteiger partial charge on any atom is -0.493 e. The molecule has 3 N–H and O–H groups in total. The molecule has 39 heavy (non-hydrogen) atoms. The molecule has 9 heteroatoms. The maximum atomic E-state index is 12.7. The van der Waals surface area contributed by atoms with Crippen molar-refractivity contribution < 1.29 is 19.1 Å². The van der Waals surface area contributed by atoms with Crippen molar-refractivity contribution in [1.29, 1.82) is 5.26 Å². The molecule has 2 amide bonds. The molecule has 4 aromatic rings. The Hall–Kier alpha value is -4.74. The number of anilines is 1. The van der Waals surface area contributed by atoms with Crippen molar-refractivity contribution in [3.63, 3.8) is 0 Å². The molecule has 0 atom stereocenters. The summed E-state index contributed by atoms with van der Waals surface area (Å²) in [7, 11) is 1.43. The van der Waals surface area contributed by atoms with Gasteiger partial charge in [0.2, 0.25) is 0 Å². The van der Waals surface area contributed by atoms with E-state index in [1.54, 1.807) is 18.2 Å². The van der Waals surface area contributed by atoms with Crippen LogP contribution in [0.25, 0.3) is 17.0 Å². The number of carbonyl (C=O) groups excluding carboxylic acids is 2. The lowest BCUT2D eigenvalue weighted by Crippen LogP contribution is -2.26. The molecule has 0 saturated carbocycles. The zero-order valence-electron chi connectivity index (χ0n) is 21.5. The summed E-state index contributed by atoms with van der Waals surface area (Å²) in [6.07, 6.45) is 3.95. The molecule has 1 heterocycles. The first kappa shape index (κ1) is 27.3. The molecule has 0 bridgehead atoms. The van der Waals surface area contributed by atoms with Gasteiger partial charge in [0.1, 0.15) is 11.6 Å². The fraction of sp³-hybridized carbons (Fsp3) is 0.167. The molecule has 0 aliphatic heterocycles. The Kier molecular flexibility index (Phi) is 8.87. The van der Waals surface area contributed by atoms with Crippen LogP contribution in [-0.4, -0.2) is 37.1 Å². The van der Waals surface area contributed by atoms with Crippen LogP contribution in [-0.2, 0) is 16.0 Å². The average Bonchev–Trinajstić information content (AvgIpc) is 3.35. The number of aromatic nitrogens is 1. The summed E-state index contributed by atoms with van der Waals surface area (Å²) in [5.74, 6) is -0.427. The number of hydrogen-bond donors (Lipinski definition) is 3. The Labute approximate surface area is 231 Å². The number of hydrogen-bond acceptors (Lipinski definition) is 5. The number of ether oxygens (including phenoxy) is 2. The first-order valence-electron chi connectivity index (χ1n) is 12.2. The lowest BCUT2D eigenvalue weighted by atomic mass is 10.1. The highest BCUT2D eigenvalue weighted by Crippen LogP contribution is 2.37. The highest BCUT2D eigenvalue weighted by Gasteiger charge is 2.16. The Morgan fingerprint density at radius 3 is 2.64 bits per heavy atom. The summed E-state index contributed by atoms with van der Waals surface area (Å²) in [6.45, 7) is 2.03. The van der Waals surface area contributed by atoms with Gasteiger partial charge in [-0.2, -0.15) is 5.26 Å². The zero-order valence-corrected chi connectivity index (χ0v) is 22.3. The minimum absolute atomic E-state index is 0.0850. The molecular formula is C30H27ClN4O4. The van der Waals surface area contributed by atoms with Crippen LogP contribution in [0.1, 0.15) is 16.7 Å². The van der Waals surface area contributed by atoms with Gasteiger partial charge in [0.15, 0.2) is 18.1 Å². The topological polar surface area (TPSA) is 116 Å². The molecule has 0 aliphatic rings. The van der Waals surface area contributed by atoms with E-state index in [-0.39, 0.29) is 34.6 Å². The number of H-pyrrole nitrogens is 1. The summed E-state index contributed by atoms with van der Waals surface area (Å²) in [5, 5.41) is 16.4. The molecular weight excluding hydrogens is 516 g/mol. The van der Waals surface area contributed by atoms with Crippen LogP contribution in [0.4, 0.5) is 5.69 Å². The number of methoxy groups -OCH3 is 1. The normalized spacial score (nSPS) is 11.1. The number of rotatable bonds is 10. The third-order valence-electron chi connectivity index (χ3n) is 5.97. The molecule has 0 unspecified atom stereocenters. The highest BCUT2D eigenvalue weighted by molar-refractivity contribution is 6.32. The van der Waals surface area contributed by atoms with Gasteiger partial charge in [-0.25, -0.2) is 0 Å². The van der Waals surface area contributed by atoms with E-state index >= 15 is 0 Å². The molecule has 0 spiro atoms. The minimum atomic E-state index is -0.500. The van der Waals surface area contributed by atoms with Gasteiger partial charge in [-0.05, 0) is 60.9 Å². The fourth-order valence-corrected chi connectivity index (χ4v) is 4.27. The molecule has 198 valence electrons. The number of aryl methyl sites for hydroxylation is 1. The molecule has 3 aromatic carbocycles. The second-order valence-corrected chi connectivity index (χ2v) is 9.18. The number of aromatic amines is 1. The summed E-state index contributed by atoms with van der Waals surface area (Å²) >= 11 is 6.42. The molecule has 4 rings (SSSR count). The Morgan fingerprint density at radius 1 is 1.13 bits per heavy atom. The van der Waals surface area contributed by atoms with E-state index < -0.39 is 5.91 Å². The number of halogens is 1. The van der Waals surface area contributed by atoms with Gasteiger partial charge in [0.25, 0.3) is 11.8 Å². The van der Waals surface area contributed by atoms with Gasteiger partial charge in [-0.15, -0.1) is 0 Å². The van der Waals surface area contributed by atoms with E-state index in [4.69, 9.17) is 21.1 Å². The van der Waals surface area contributed by atoms with Gasteiger partial charge < -0.3 is 25.1 Å². The summed E-state index contributed by atoms with van der Waals surface area (Å²) < 4.78 is 11.0. The summed E-state index contributed by atoms with van der Waals surface area (Å²) in [4.78, 5) is 28.2.